The molecule has 2 aromatic rings. The number of aryl methyl sites for hydroxylation is 2. The number of anilines is 1. The van der Waals surface area contributed by atoms with Crippen molar-refractivity contribution in [2.45, 2.75) is 40.2 Å². The summed E-state index contributed by atoms with van der Waals surface area (Å²) in [5.41, 5.74) is 4.64. The largest absolute Gasteiger partial charge is 0.451 e. The van der Waals surface area contributed by atoms with Crippen molar-refractivity contribution in [3.05, 3.63) is 64.2 Å². The monoisotopic (exact) mass is 365 g/mol. The van der Waals surface area contributed by atoms with Crippen LogP contribution in [-0.2, 0) is 16.0 Å². The molecule has 1 aliphatic rings. The van der Waals surface area contributed by atoms with Crippen LogP contribution in [0.2, 0.25) is 0 Å². The van der Waals surface area contributed by atoms with Gasteiger partial charge in [0.2, 0.25) is 11.7 Å². The van der Waals surface area contributed by atoms with Gasteiger partial charge in [-0.05, 0) is 62.6 Å². The number of benzene rings is 2. The summed E-state index contributed by atoms with van der Waals surface area (Å²) < 4.78 is 5.40. The summed E-state index contributed by atoms with van der Waals surface area (Å²) in [6.45, 7) is 7.54. The Morgan fingerprint density at radius 1 is 1.07 bits per heavy atom. The average molecular weight is 365 g/mol. The minimum Gasteiger partial charge on any atom is -0.451 e. The summed E-state index contributed by atoms with van der Waals surface area (Å²) in [6.07, 6.45) is -0.172. The molecular formula is C22H23NO4. The minimum absolute atomic E-state index is 0.0106. The fraction of sp³-hybridized carbons (Fsp3) is 0.318. The van der Waals surface area contributed by atoms with Crippen LogP contribution in [0.3, 0.4) is 0 Å². The zero-order valence-electron chi connectivity index (χ0n) is 16.0. The summed E-state index contributed by atoms with van der Waals surface area (Å²) in [4.78, 5) is 38.5. The zero-order valence-corrected chi connectivity index (χ0v) is 16.0. The highest BCUT2D eigenvalue weighted by molar-refractivity contribution is 6.03. The van der Waals surface area contributed by atoms with E-state index in [1.165, 1.54) is 6.92 Å². The summed E-state index contributed by atoms with van der Waals surface area (Å²) in [5, 5.41) is 0. The van der Waals surface area contributed by atoms with Gasteiger partial charge in [0, 0.05) is 24.7 Å². The van der Waals surface area contributed by atoms with Crippen LogP contribution in [0, 0.1) is 13.8 Å². The SMILES string of the molecule is CC(=O)N1CCc2cc(C(=O)C(C)OC(=O)c3ccc(C)cc3C)ccc21. The van der Waals surface area contributed by atoms with Crippen LogP contribution in [0.4, 0.5) is 5.69 Å². The topological polar surface area (TPSA) is 63.7 Å². The van der Waals surface area contributed by atoms with E-state index < -0.39 is 12.1 Å². The lowest BCUT2D eigenvalue weighted by Gasteiger charge is -2.16. The van der Waals surface area contributed by atoms with Crippen molar-refractivity contribution >= 4 is 23.3 Å². The molecule has 1 atom stereocenters. The number of ether oxygens (including phenoxy) is 1. The van der Waals surface area contributed by atoms with Crippen LogP contribution >= 0.6 is 0 Å². The molecule has 0 fully saturated rings. The molecule has 1 amide bonds. The van der Waals surface area contributed by atoms with E-state index in [0.717, 1.165) is 22.4 Å². The van der Waals surface area contributed by atoms with Gasteiger partial charge in [-0.25, -0.2) is 4.79 Å². The third-order valence-electron chi connectivity index (χ3n) is 4.89. The number of Topliss-reactive ketones (excluding diaryl/α,β-unsaturated/α-hetero) is 1. The molecule has 5 nitrogen and oxygen atoms in total. The van der Waals surface area contributed by atoms with Crippen LogP contribution in [0.1, 0.15) is 51.3 Å². The second-order valence-electron chi connectivity index (χ2n) is 6.99. The normalized spacial score (nSPS) is 13.9. The van der Waals surface area contributed by atoms with E-state index in [-0.39, 0.29) is 11.7 Å². The quantitative estimate of drug-likeness (QED) is 0.613. The zero-order chi connectivity index (χ0) is 19.7. The number of ketones is 1. The number of fused-ring (bicyclic) bond motifs is 1. The first-order valence-corrected chi connectivity index (χ1v) is 9.01. The highest BCUT2D eigenvalue weighted by Crippen LogP contribution is 2.29. The number of amides is 1. The van der Waals surface area contributed by atoms with Gasteiger partial charge in [-0.2, -0.15) is 0 Å². The maximum Gasteiger partial charge on any atom is 0.339 e. The van der Waals surface area contributed by atoms with E-state index in [2.05, 4.69) is 0 Å². The Hall–Kier alpha value is -2.95. The molecule has 5 heteroatoms. The Bertz CT molecular complexity index is 932. The van der Waals surface area contributed by atoms with E-state index >= 15 is 0 Å². The number of carbonyl (C=O) groups is 3. The minimum atomic E-state index is -0.887. The number of hydrogen-bond acceptors (Lipinski definition) is 4. The standard InChI is InChI=1S/C22H23NO4/c1-13-5-7-19(14(2)11-13)22(26)27-15(3)21(25)18-6-8-20-17(12-18)9-10-23(20)16(4)24/h5-8,11-12,15H,9-10H2,1-4H3. The number of esters is 1. The third kappa shape index (κ3) is 3.77. The maximum absolute atomic E-state index is 12.7. The molecule has 0 spiro atoms. The molecule has 0 bridgehead atoms. The predicted molar refractivity (Wildman–Crippen MR) is 103 cm³/mol. The van der Waals surface area contributed by atoms with E-state index in [4.69, 9.17) is 4.74 Å². The Morgan fingerprint density at radius 2 is 1.81 bits per heavy atom. The lowest BCUT2D eigenvalue weighted by molar-refractivity contribution is -0.116. The van der Waals surface area contributed by atoms with E-state index in [1.54, 1.807) is 36.1 Å². The van der Waals surface area contributed by atoms with Crippen LogP contribution in [0.25, 0.3) is 0 Å². The summed E-state index contributed by atoms with van der Waals surface area (Å²) >= 11 is 0. The van der Waals surface area contributed by atoms with Gasteiger partial charge in [0.1, 0.15) is 0 Å². The first kappa shape index (κ1) is 18.8. The van der Waals surface area contributed by atoms with Gasteiger partial charge in [-0.3, -0.25) is 9.59 Å². The molecule has 1 heterocycles. The highest BCUT2D eigenvalue weighted by Gasteiger charge is 2.26. The fourth-order valence-electron chi connectivity index (χ4n) is 3.44. The molecule has 0 saturated heterocycles. The number of rotatable bonds is 4. The van der Waals surface area contributed by atoms with Gasteiger partial charge < -0.3 is 9.64 Å². The molecule has 0 saturated carbocycles. The van der Waals surface area contributed by atoms with Gasteiger partial charge >= 0.3 is 5.97 Å². The molecule has 1 aliphatic heterocycles. The molecular weight excluding hydrogens is 342 g/mol. The van der Waals surface area contributed by atoms with E-state index in [0.29, 0.717) is 24.1 Å². The van der Waals surface area contributed by atoms with Crippen molar-refractivity contribution in [2.24, 2.45) is 0 Å². The average Bonchev–Trinajstić information content (AvgIpc) is 3.04. The fourth-order valence-corrected chi connectivity index (χ4v) is 3.44. The lowest BCUT2D eigenvalue weighted by atomic mass is 10.0. The van der Waals surface area contributed by atoms with Gasteiger partial charge in [0.05, 0.1) is 5.56 Å². The van der Waals surface area contributed by atoms with Crippen molar-refractivity contribution in [3.63, 3.8) is 0 Å². The van der Waals surface area contributed by atoms with Crippen molar-refractivity contribution in [1.82, 2.24) is 0 Å². The molecule has 0 aromatic heterocycles. The smallest absolute Gasteiger partial charge is 0.339 e. The number of hydrogen-bond donors (Lipinski definition) is 0. The van der Waals surface area contributed by atoms with E-state index in [9.17, 15) is 14.4 Å². The van der Waals surface area contributed by atoms with Crippen LogP contribution < -0.4 is 4.90 Å². The third-order valence-corrected chi connectivity index (χ3v) is 4.89. The highest BCUT2D eigenvalue weighted by atomic mass is 16.5. The molecule has 27 heavy (non-hydrogen) atoms. The predicted octanol–water partition coefficient (Wildman–Crippen LogP) is 3.64. The second kappa shape index (κ2) is 7.35. The number of nitrogens with zero attached hydrogens (tertiary/aromatic N) is 1. The Labute approximate surface area is 158 Å². The van der Waals surface area contributed by atoms with Crippen LogP contribution in [-0.4, -0.2) is 30.3 Å². The molecule has 1 unspecified atom stereocenters. The Balaban J connectivity index is 1.74. The Kier molecular flexibility index (Phi) is 5.13. The first-order chi connectivity index (χ1) is 12.8. The van der Waals surface area contributed by atoms with Crippen LogP contribution in [0.5, 0.6) is 0 Å². The molecule has 3 rings (SSSR count). The van der Waals surface area contributed by atoms with Crippen molar-refractivity contribution in [1.29, 1.82) is 0 Å². The Morgan fingerprint density at radius 3 is 2.48 bits per heavy atom. The van der Waals surface area contributed by atoms with Crippen molar-refractivity contribution < 1.29 is 19.1 Å². The number of carbonyl (C=O) groups excluding carboxylic acids is 3. The molecule has 0 aliphatic carbocycles. The summed E-state index contributed by atoms with van der Waals surface area (Å²) in [7, 11) is 0. The maximum atomic E-state index is 12.7. The lowest BCUT2D eigenvalue weighted by Crippen LogP contribution is -2.26. The first-order valence-electron chi connectivity index (χ1n) is 9.01. The van der Waals surface area contributed by atoms with Gasteiger partial charge in [0.25, 0.3) is 0 Å². The molecule has 0 N–H and O–H groups in total. The summed E-state index contributed by atoms with van der Waals surface area (Å²) in [6, 6.07) is 10.7. The molecule has 140 valence electrons. The molecule has 2 aromatic carbocycles. The van der Waals surface area contributed by atoms with Crippen LogP contribution in [0.15, 0.2) is 36.4 Å². The molecule has 0 radical (unpaired) electrons. The van der Waals surface area contributed by atoms with E-state index in [1.807, 2.05) is 26.0 Å². The van der Waals surface area contributed by atoms with Crippen molar-refractivity contribution in [3.8, 4) is 0 Å². The second-order valence-corrected chi connectivity index (χ2v) is 6.99. The van der Waals surface area contributed by atoms with Gasteiger partial charge in [0.15, 0.2) is 6.10 Å². The van der Waals surface area contributed by atoms with Crippen molar-refractivity contribution in [2.75, 3.05) is 11.4 Å². The van der Waals surface area contributed by atoms with Gasteiger partial charge in [-0.15, -0.1) is 0 Å². The van der Waals surface area contributed by atoms with Gasteiger partial charge in [-0.1, -0.05) is 17.7 Å². The summed E-state index contributed by atoms with van der Waals surface area (Å²) in [5.74, 6) is -0.766.